The summed E-state index contributed by atoms with van der Waals surface area (Å²) in [5, 5.41) is 0. The third kappa shape index (κ3) is 391. The molecule has 0 aliphatic rings. The first-order valence-electron chi connectivity index (χ1n) is 3.00. The molecule has 0 unspecified atom stereocenters. The molecule has 0 aromatic rings. The molecule has 0 aromatic carbocycles. The molecule has 0 amide bonds. The van der Waals surface area contributed by atoms with Gasteiger partial charge in [0.25, 0.3) is 0 Å². The summed E-state index contributed by atoms with van der Waals surface area (Å²) in [5.41, 5.74) is 0. The van der Waals surface area contributed by atoms with E-state index in [4.69, 9.17) is 0 Å². The van der Waals surface area contributed by atoms with E-state index < -0.39 is 0 Å². The molecule has 44 valence electrons. The molecule has 0 aromatic heterocycles. The van der Waals surface area contributed by atoms with Gasteiger partial charge in [-0.15, -0.1) is 0 Å². The van der Waals surface area contributed by atoms with Crippen molar-refractivity contribution in [1.29, 1.82) is 0 Å². The predicted octanol–water partition coefficient (Wildman–Crippen LogP) is 2.43. The van der Waals surface area contributed by atoms with Crippen LogP contribution in [0.5, 0.6) is 0 Å². The molecule has 0 spiro atoms. The van der Waals surface area contributed by atoms with Crippen molar-refractivity contribution in [2.24, 2.45) is 0 Å². The van der Waals surface area contributed by atoms with Crippen LogP contribution in [0.4, 0.5) is 0 Å². The van der Waals surface area contributed by atoms with E-state index in [-0.39, 0.29) is 18.9 Å². The first kappa shape index (κ1) is 25.6. The van der Waals surface area contributed by atoms with Gasteiger partial charge < -0.3 is 0 Å². The minimum absolute atomic E-state index is 0. The second-order valence-electron chi connectivity index (χ2n) is 0. The molecular weight excluding hydrogens is 79.0 g/mol. The molecule has 7 heavy (non-hydrogen) atoms. The predicted molar refractivity (Wildman–Crippen MR) is 41.2 cm³/mol. The van der Waals surface area contributed by atoms with Crippen molar-refractivity contribution in [1.82, 2.24) is 0 Å². The minimum atomic E-state index is 0. The molecule has 0 saturated carbocycles. The molecule has 0 bridgehead atoms. The Morgan fingerprint density at radius 3 is 0.429 bits per heavy atom. The third-order valence-corrected chi connectivity index (χ3v) is 0. The summed E-state index contributed by atoms with van der Waals surface area (Å²) < 4.78 is 0. The molecule has 0 rings (SSSR count). The van der Waals surface area contributed by atoms with E-state index in [9.17, 15) is 0 Å². The molecule has 0 nitrogen and oxygen atoms in total. The zero-order valence-corrected chi connectivity index (χ0v) is 6.00. The van der Waals surface area contributed by atoms with Crippen LogP contribution in [0.15, 0.2) is 0 Å². The van der Waals surface area contributed by atoms with Crippen LogP contribution in [0.25, 0.3) is 0 Å². The van der Waals surface area contributed by atoms with E-state index in [1.807, 2.05) is 41.5 Å². The van der Waals surface area contributed by atoms with Crippen LogP contribution in [0, 0.1) is 0 Å². The van der Waals surface area contributed by atoms with Crippen LogP contribution < -0.4 is 0 Å². The van der Waals surface area contributed by atoms with Crippen LogP contribution in [-0.2, 0) is 0 Å². The molecule has 1 heteroatoms. The summed E-state index contributed by atoms with van der Waals surface area (Å²) in [7, 11) is 0. The van der Waals surface area contributed by atoms with Crippen molar-refractivity contribution < 1.29 is 0 Å². The maximum atomic E-state index is 2.00. The Bertz CT molecular complexity index is 4.14. The fourth-order valence-electron chi connectivity index (χ4n) is 0. The second-order valence-corrected chi connectivity index (χ2v) is 0. The normalized spacial score (nSPS) is 2.57. The molecule has 0 heterocycles. The van der Waals surface area contributed by atoms with E-state index >= 15 is 0 Å². The van der Waals surface area contributed by atoms with Gasteiger partial charge in [0.15, 0.2) is 0 Å². The molecule has 0 atom stereocenters. The van der Waals surface area contributed by atoms with Crippen molar-refractivity contribution in [3.63, 3.8) is 0 Å². The zero-order chi connectivity index (χ0) is 6.00. The number of hydrogen-bond donors (Lipinski definition) is 0. The van der Waals surface area contributed by atoms with Crippen molar-refractivity contribution in [2.75, 3.05) is 0 Å². The first-order chi connectivity index (χ1) is 3.00. The van der Waals surface area contributed by atoms with Crippen molar-refractivity contribution in [3.8, 4) is 0 Å². The Kier molecular flexibility index (Phi) is 2110. The van der Waals surface area contributed by atoms with Gasteiger partial charge in [0, 0.05) is 0 Å². The summed E-state index contributed by atoms with van der Waals surface area (Å²) in [6.45, 7) is 12.0. The van der Waals surface area contributed by atoms with Crippen LogP contribution in [0.2, 0.25) is 0 Å². The topological polar surface area (TPSA) is 0 Å². The first-order valence-corrected chi connectivity index (χ1v) is 3.00. The molecule has 0 aliphatic carbocycles. The Hall–Kier alpha value is 0.597. The second kappa shape index (κ2) is 579. The number of hydrogen-bond acceptors (Lipinski definition) is 0. The van der Waals surface area contributed by atoms with E-state index in [1.165, 1.54) is 0 Å². The van der Waals surface area contributed by atoms with Gasteiger partial charge in [0.1, 0.15) is 0 Å². The molecule has 0 N–H and O–H groups in total. The van der Waals surface area contributed by atoms with Gasteiger partial charge in [-0.2, -0.15) is 0 Å². The monoisotopic (exact) mass is 98.2 g/mol. The summed E-state index contributed by atoms with van der Waals surface area (Å²) in [6, 6.07) is 0. The van der Waals surface area contributed by atoms with E-state index in [0.29, 0.717) is 0 Å². The average Bonchev–Trinajstić information content (AvgIpc) is 1.81. The average molecular weight is 98.2 g/mol. The molecular formula is C6H19Li. The molecule has 0 radical (unpaired) electrons. The maximum absolute atomic E-state index is 2.00. The molecule has 0 aliphatic heterocycles. The van der Waals surface area contributed by atoms with Gasteiger partial charge >= 0.3 is 18.9 Å². The Labute approximate surface area is 60.9 Å². The quantitative estimate of drug-likeness (QED) is 0.408. The SMILES string of the molecule is CC.CC.CC.[LiH]. The summed E-state index contributed by atoms with van der Waals surface area (Å²) in [4.78, 5) is 0. The Balaban J connectivity index is -0.00000000900. The fraction of sp³-hybridized carbons (Fsp3) is 1.00. The Morgan fingerprint density at radius 2 is 0.429 bits per heavy atom. The van der Waals surface area contributed by atoms with Crippen molar-refractivity contribution in [2.45, 2.75) is 41.5 Å². The van der Waals surface area contributed by atoms with Gasteiger partial charge in [-0.05, 0) is 0 Å². The van der Waals surface area contributed by atoms with Crippen LogP contribution in [0.1, 0.15) is 41.5 Å². The van der Waals surface area contributed by atoms with Gasteiger partial charge in [-0.1, -0.05) is 41.5 Å². The van der Waals surface area contributed by atoms with Crippen molar-refractivity contribution >= 4 is 18.9 Å². The molecule has 0 fully saturated rings. The molecule has 0 saturated heterocycles. The van der Waals surface area contributed by atoms with Gasteiger partial charge in [0.2, 0.25) is 0 Å². The van der Waals surface area contributed by atoms with Crippen LogP contribution in [0.3, 0.4) is 0 Å². The summed E-state index contributed by atoms with van der Waals surface area (Å²) in [6.07, 6.45) is 0. The summed E-state index contributed by atoms with van der Waals surface area (Å²) >= 11 is 0. The Morgan fingerprint density at radius 1 is 0.429 bits per heavy atom. The fourth-order valence-corrected chi connectivity index (χ4v) is 0. The van der Waals surface area contributed by atoms with E-state index in [2.05, 4.69) is 0 Å². The van der Waals surface area contributed by atoms with E-state index in [1.54, 1.807) is 0 Å². The summed E-state index contributed by atoms with van der Waals surface area (Å²) in [5.74, 6) is 0. The van der Waals surface area contributed by atoms with Gasteiger partial charge in [-0.25, -0.2) is 0 Å². The van der Waals surface area contributed by atoms with Crippen LogP contribution >= 0.6 is 0 Å². The van der Waals surface area contributed by atoms with Gasteiger partial charge in [-0.3, -0.25) is 0 Å². The van der Waals surface area contributed by atoms with E-state index in [0.717, 1.165) is 0 Å². The zero-order valence-electron chi connectivity index (χ0n) is 6.00. The van der Waals surface area contributed by atoms with Crippen LogP contribution in [-0.4, -0.2) is 18.9 Å². The standard InChI is InChI=1S/3C2H6.Li.H/c3*1-2;;/h3*1-2H3;;. The third-order valence-electron chi connectivity index (χ3n) is 0. The van der Waals surface area contributed by atoms with Gasteiger partial charge in [0.05, 0.1) is 0 Å². The van der Waals surface area contributed by atoms with Crippen molar-refractivity contribution in [3.05, 3.63) is 0 Å². The number of rotatable bonds is 0.